The van der Waals surface area contributed by atoms with E-state index in [1.807, 2.05) is 12.1 Å². The van der Waals surface area contributed by atoms with Crippen molar-refractivity contribution < 1.29 is 14.3 Å². The lowest BCUT2D eigenvalue weighted by Crippen LogP contribution is -2.20. The molecule has 20 heavy (non-hydrogen) atoms. The molecule has 102 valence electrons. The largest absolute Gasteiger partial charge is 0.454 e. The van der Waals surface area contributed by atoms with Crippen molar-refractivity contribution in [2.75, 3.05) is 6.79 Å². The van der Waals surface area contributed by atoms with Gasteiger partial charge in [-0.15, -0.1) is 10.2 Å². The maximum atomic E-state index is 11.6. The highest BCUT2D eigenvalue weighted by Gasteiger charge is 2.12. The molecule has 2 N–H and O–H groups in total. The normalized spacial score (nSPS) is 12.8. The zero-order chi connectivity index (χ0) is 13.8. The standard InChI is InChI=1S/C12H11N5O3/c18-12(13-6-11-14-16-17-15-11)4-2-8-1-3-9-10(5-8)20-7-19-9/h1-5H,6-7H2,(H,13,18)(H,14,15,16,17). The van der Waals surface area contributed by atoms with E-state index >= 15 is 0 Å². The van der Waals surface area contributed by atoms with Crippen molar-refractivity contribution in [3.63, 3.8) is 0 Å². The summed E-state index contributed by atoms with van der Waals surface area (Å²) >= 11 is 0. The molecule has 1 aliphatic rings. The van der Waals surface area contributed by atoms with E-state index < -0.39 is 0 Å². The third kappa shape index (κ3) is 2.74. The van der Waals surface area contributed by atoms with Crippen LogP contribution in [0, 0.1) is 0 Å². The number of benzene rings is 1. The van der Waals surface area contributed by atoms with Crippen molar-refractivity contribution in [2.24, 2.45) is 0 Å². The highest BCUT2D eigenvalue weighted by molar-refractivity contribution is 5.91. The molecular formula is C12H11N5O3. The summed E-state index contributed by atoms with van der Waals surface area (Å²) in [6.07, 6.45) is 3.12. The molecule has 2 aromatic rings. The average molecular weight is 273 g/mol. The maximum absolute atomic E-state index is 11.6. The number of rotatable bonds is 4. The Labute approximate surface area is 113 Å². The second-order valence-electron chi connectivity index (χ2n) is 3.99. The lowest BCUT2D eigenvalue weighted by molar-refractivity contribution is -0.116. The van der Waals surface area contributed by atoms with E-state index in [1.54, 1.807) is 12.1 Å². The molecule has 8 heteroatoms. The fraction of sp³-hybridized carbons (Fsp3) is 0.167. The zero-order valence-corrected chi connectivity index (χ0v) is 10.4. The lowest BCUT2D eigenvalue weighted by atomic mass is 10.2. The Morgan fingerprint density at radius 2 is 2.30 bits per heavy atom. The Balaban J connectivity index is 1.58. The summed E-state index contributed by atoms with van der Waals surface area (Å²) < 4.78 is 10.5. The van der Waals surface area contributed by atoms with Gasteiger partial charge in [-0.2, -0.15) is 5.21 Å². The first-order valence-electron chi connectivity index (χ1n) is 5.89. The van der Waals surface area contributed by atoms with Crippen LogP contribution < -0.4 is 14.8 Å². The van der Waals surface area contributed by atoms with Gasteiger partial charge >= 0.3 is 0 Å². The van der Waals surface area contributed by atoms with Crippen LogP contribution in [0.15, 0.2) is 24.3 Å². The van der Waals surface area contributed by atoms with Crippen LogP contribution >= 0.6 is 0 Å². The van der Waals surface area contributed by atoms with E-state index in [0.29, 0.717) is 17.3 Å². The average Bonchev–Trinajstić information content (AvgIpc) is 3.13. The summed E-state index contributed by atoms with van der Waals surface area (Å²) in [4.78, 5) is 11.6. The second-order valence-corrected chi connectivity index (χ2v) is 3.99. The lowest BCUT2D eigenvalue weighted by Gasteiger charge is -1.98. The summed E-state index contributed by atoms with van der Waals surface area (Å²) in [7, 11) is 0. The number of carbonyl (C=O) groups is 1. The summed E-state index contributed by atoms with van der Waals surface area (Å²) in [5, 5.41) is 15.8. The summed E-state index contributed by atoms with van der Waals surface area (Å²) in [5.41, 5.74) is 0.851. The van der Waals surface area contributed by atoms with Crippen LogP contribution in [0.1, 0.15) is 11.4 Å². The smallest absolute Gasteiger partial charge is 0.244 e. The number of nitrogens with zero attached hydrogens (tertiary/aromatic N) is 3. The molecule has 1 aromatic carbocycles. The number of aromatic nitrogens is 4. The van der Waals surface area contributed by atoms with Crippen molar-refractivity contribution in [1.82, 2.24) is 25.9 Å². The van der Waals surface area contributed by atoms with E-state index in [4.69, 9.17) is 9.47 Å². The van der Waals surface area contributed by atoms with Gasteiger partial charge in [-0.05, 0) is 23.8 Å². The Morgan fingerprint density at radius 1 is 1.40 bits per heavy atom. The van der Waals surface area contributed by atoms with Gasteiger partial charge in [-0.25, -0.2) is 0 Å². The minimum absolute atomic E-state index is 0.223. The molecule has 0 atom stereocenters. The van der Waals surface area contributed by atoms with Crippen LogP contribution in [0.4, 0.5) is 0 Å². The molecule has 0 saturated carbocycles. The molecule has 3 rings (SSSR count). The number of tetrazole rings is 1. The van der Waals surface area contributed by atoms with Crippen molar-refractivity contribution in [3.05, 3.63) is 35.7 Å². The van der Waals surface area contributed by atoms with Crippen molar-refractivity contribution in [3.8, 4) is 11.5 Å². The van der Waals surface area contributed by atoms with Gasteiger partial charge in [-0.3, -0.25) is 4.79 Å². The Hall–Kier alpha value is -2.90. The second kappa shape index (κ2) is 5.39. The van der Waals surface area contributed by atoms with Crippen LogP contribution in [-0.2, 0) is 11.3 Å². The van der Waals surface area contributed by atoms with E-state index in [1.165, 1.54) is 6.08 Å². The Morgan fingerprint density at radius 3 is 3.15 bits per heavy atom. The van der Waals surface area contributed by atoms with Gasteiger partial charge in [0.25, 0.3) is 0 Å². The van der Waals surface area contributed by atoms with E-state index in [-0.39, 0.29) is 19.2 Å². The summed E-state index contributed by atoms with van der Waals surface area (Å²) in [6, 6.07) is 5.46. The number of nitrogens with one attached hydrogen (secondary N) is 2. The molecular weight excluding hydrogens is 262 g/mol. The molecule has 1 aliphatic heterocycles. The Kier molecular flexibility index (Phi) is 3.27. The first kappa shape index (κ1) is 12.2. The summed E-state index contributed by atoms with van der Waals surface area (Å²) in [6.45, 7) is 0.453. The van der Waals surface area contributed by atoms with Crippen LogP contribution in [0.3, 0.4) is 0 Å². The van der Waals surface area contributed by atoms with Gasteiger partial charge in [0.1, 0.15) is 0 Å². The SMILES string of the molecule is O=C(C=Cc1ccc2c(c1)OCO2)NCc1nn[nH]n1. The highest BCUT2D eigenvalue weighted by Crippen LogP contribution is 2.32. The quantitative estimate of drug-likeness (QED) is 0.775. The number of hydrogen-bond donors (Lipinski definition) is 2. The molecule has 1 aromatic heterocycles. The monoisotopic (exact) mass is 273 g/mol. The van der Waals surface area contributed by atoms with Crippen LogP contribution in [-0.4, -0.2) is 33.3 Å². The number of hydrogen-bond acceptors (Lipinski definition) is 6. The topological polar surface area (TPSA) is 102 Å². The van der Waals surface area contributed by atoms with E-state index in [0.717, 1.165) is 5.56 Å². The Bertz CT molecular complexity index is 639. The maximum Gasteiger partial charge on any atom is 0.244 e. The predicted molar refractivity (Wildman–Crippen MR) is 67.6 cm³/mol. The van der Waals surface area contributed by atoms with Gasteiger partial charge in [0.2, 0.25) is 12.7 Å². The molecule has 0 unspecified atom stereocenters. The van der Waals surface area contributed by atoms with Gasteiger partial charge in [0.05, 0.1) is 6.54 Å². The minimum Gasteiger partial charge on any atom is -0.454 e. The number of carbonyl (C=O) groups excluding carboxylic acids is 1. The van der Waals surface area contributed by atoms with Crippen LogP contribution in [0.25, 0.3) is 6.08 Å². The first-order valence-corrected chi connectivity index (χ1v) is 5.89. The number of ether oxygens (including phenoxy) is 2. The number of fused-ring (bicyclic) bond motifs is 1. The molecule has 8 nitrogen and oxygen atoms in total. The molecule has 0 bridgehead atoms. The molecule has 0 radical (unpaired) electrons. The van der Waals surface area contributed by atoms with E-state index in [2.05, 4.69) is 25.9 Å². The molecule has 0 aliphatic carbocycles. The van der Waals surface area contributed by atoms with Crippen molar-refractivity contribution >= 4 is 12.0 Å². The van der Waals surface area contributed by atoms with Crippen molar-refractivity contribution in [1.29, 1.82) is 0 Å². The molecule has 2 heterocycles. The number of aromatic amines is 1. The predicted octanol–water partition coefficient (Wildman–Crippen LogP) is 0.258. The van der Waals surface area contributed by atoms with Gasteiger partial charge < -0.3 is 14.8 Å². The molecule has 1 amide bonds. The third-order valence-corrected chi connectivity index (χ3v) is 2.63. The van der Waals surface area contributed by atoms with Gasteiger partial charge in [0.15, 0.2) is 17.3 Å². The number of H-pyrrole nitrogens is 1. The highest BCUT2D eigenvalue weighted by atomic mass is 16.7. The van der Waals surface area contributed by atoms with E-state index in [9.17, 15) is 4.79 Å². The van der Waals surface area contributed by atoms with Crippen LogP contribution in [0.2, 0.25) is 0 Å². The molecule has 0 fully saturated rings. The molecule has 0 saturated heterocycles. The fourth-order valence-corrected chi connectivity index (χ4v) is 1.67. The minimum atomic E-state index is -0.243. The summed E-state index contributed by atoms with van der Waals surface area (Å²) in [5.74, 6) is 1.57. The van der Waals surface area contributed by atoms with Crippen molar-refractivity contribution in [2.45, 2.75) is 6.54 Å². The fourth-order valence-electron chi connectivity index (χ4n) is 1.67. The van der Waals surface area contributed by atoms with Gasteiger partial charge in [-0.1, -0.05) is 11.3 Å². The number of amides is 1. The van der Waals surface area contributed by atoms with Gasteiger partial charge in [0, 0.05) is 6.08 Å². The third-order valence-electron chi connectivity index (χ3n) is 2.63. The van der Waals surface area contributed by atoms with Crippen LogP contribution in [0.5, 0.6) is 11.5 Å². The molecule has 0 spiro atoms. The zero-order valence-electron chi connectivity index (χ0n) is 10.4. The first-order chi connectivity index (χ1) is 9.81.